The Morgan fingerprint density at radius 2 is 2.21 bits per heavy atom. The van der Waals surface area contributed by atoms with Gasteiger partial charge in [-0.25, -0.2) is 4.39 Å². The molecule has 100 valence electrons. The van der Waals surface area contributed by atoms with Crippen molar-refractivity contribution in [3.8, 4) is 0 Å². The van der Waals surface area contributed by atoms with Gasteiger partial charge in [0.25, 0.3) is 0 Å². The van der Waals surface area contributed by atoms with E-state index < -0.39 is 0 Å². The van der Waals surface area contributed by atoms with E-state index in [4.69, 9.17) is 0 Å². The van der Waals surface area contributed by atoms with Crippen LogP contribution in [0.2, 0.25) is 0 Å². The van der Waals surface area contributed by atoms with E-state index in [1.165, 1.54) is 0 Å². The predicted octanol–water partition coefficient (Wildman–Crippen LogP) is 2.17. The Morgan fingerprint density at radius 3 is 2.89 bits per heavy atom. The Bertz CT molecular complexity index is 581. The summed E-state index contributed by atoms with van der Waals surface area (Å²) >= 11 is 0. The molecule has 2 aromatic rings. The molecule has 0 aliphatic carbocycles. The van der Waals surface area contributed by atoms with Crippen molar-refractivity contribution in [2.75, 3.05) is 19.6 Å². The number of hydrogen-bond acceptors (Lipinski definition) is 3. The summed E-state index contributed by atoms with van der Waals surface area (Å²) in [5.41, 5.74) is 1.89. The zero-order valence-corrected chi connectivity index (χ0v) is 11.1. The lowest BCUT2D eigenvalue weighted by molar-refractivity contribution is 0.145. The summed E-state index contributed by atoms with van der Waals surface area (Å²) in [7, 11) is 0. The van der Waals surface area contributed by atoms with Gasteiger partial charge in [-0.1, -0.05) is 13.0 Å². The van der Waals surface area contributed by atoms with Crippen LogP contribution in [0, 0.1) is 5.82 Å². The van der Waals surface area contributed by atoms with Gasteiger partial charge in [0.15, 0.2) is 0 Å². The summed E-state index contributed by atoms with van der Waals surface area (Å²) in [6.07, 6.45) is 1.73. The Labute approximate surface area is 112 Å². The van der Waals surface area contributed by atoms with E-state index in [-0.39, 0.29) is 5.82 Å². The maximum absolute atomic E-state index is 13.8. The molecule has 0 unspecified atom stereocenters. The number of aromatic nitrogens is 1. The molecule has 0 amide bonds. The molecule has 1 aliphatic heterocycles. The molecule has 1 aliphatic rings. The van der Waals surface area contributed by atoms with Gasteiger partial charge in [0.2, 0.25) is 0 Å². The molecule has 19 heavy (non-hydrogen) atoms. The van der Waals surface area contributed by atoms with Gasteiger partial charge in [-0.2, -0.15) is 0 Å². The highest BCUT2D eigenvalue weighted by molar-refractivity contribution is 5.82. The van der Waals surface area contributed by atoms with E-state index in [0.29, 0.717) is 11.4 Å². The lowest BCUT2D eigenvalue weighted by atomic mass is 10.1. The Morgan fingerprint density at radius 1 is 1.37 bits per heavy atom. The van der Waals surface area contributed by atoms with Crippen LogP contribution in [0.5, 0.6) is 0 Å². The van der Waals surface area contributed by atoms with Crippen molar-refractivity contribution in [3.05, 3.63) is 41.8 Å². The average Bonchev–Trinajstić information content (AvgIpc) is 2.39. The van der Waals surface area contributed by atoms with Crippen molar-refractivity contribution in [2.24, 2.45) is 0 Å². The molecule has 4 heteroatoms. The monoisotopic (exact) mass is 259 g/mol. The average molecular weight is 259 g/mol. The molecular weight excluding hydrogens is 241 g/mol. The van der Waals surface area contributed by atoms with Crippen LogP contribution >= 0.6 is 0 Å². The second-order valence-electron chi connectivity index (χ2n) is 4.98. The molecular formula is C15H18FN3. The second kappa shape index (κ2) is 5.23. The summed E-state index contributed by atoms with van der Waals surface area (Å²) in [5, 5.41) is 3.90. The first kappa shape index (κ1) is 12.5. The largest absolute Gasteiger partial charge is 0.314 e. The predicted molar refractivity (Wildman–Crippen MR) is 74.4 cm³/mol. The molecule has 3 nitrogen and oxygen atoms in total. The van der Waals surface area contributed by atoms with E-state index >= 15 is 0 Å². The van der Waals surface area contributed by atoms with Gasteiger partial charge in [0, 0.05) is 37.3 Å². The fourth-order valence-corrected chi connectivity index (χ4v) is 2.57. The maximum Gasteiger partial charge on any atom is 0.132 e. The van der Waals surface area contributed by atoms with Crippen LogP contribution in [0.1, 0.15) is 12.5 Å². The minimum Gasteiger partial charge on any atom is -0.314 e. The quantitative estimate of drug-likeness (QED) is 0.912. The molecule has 0 radical (unpaired) electrons. The highest BCUT2D eigenvalue weighted by Crippen LogP contribution is 2.22. The van der Waals surface area contributed by atoms with Crippen LogP contribution in [-0.2, 0) is 6.54 Å². The number of hydrogen-bond donors (Lipinski definition) is 1. The van der Waals surface area contributed by atoms with Gasteiger partial charge in [-0.3, -0.25) is 9.88 Å². The van der Waals surface area contributed by atoms with Crippen LogP contribution in [-0.4, -0.2) is 35.6 Å². The van der Waals surface area contributed by atoms with Crippen LogP contribution < -0.4 is 5.32 Å². The fraction of sp³-hybridized carbons (Fsp3) is 0.400. The fourth-order valence-electron chi connectivity index (χ4n) is 2.57. The smallest absolute Gasteiger partial charge is 0.132 e. The van der Waals surface area contributed by atoms with Gasteiger partial charge in [0.05, 0.1) is 5.52 Å². The molecule has 1 aromatic carbocycles. The molecule has 2 heterocycles. The highest BCUT2D eigenvalue weighted by Gasteiger charge is 2.23. The first-order chi connectivity index (χ1) is 9.29. The number of rotatable bonds is 4. The molecule has 0 atom stereocenters. The normalized spacial score (nSPS) is 15.9. The molecule has 0 bridgehead atoms. The third kappa shape index (κ3) is 2.33. The Kier molecular flexibility index (Phi) is 3.44. The van der Waals surface area contributed by atoms with Gasteiger partial charge >= 0.3 is 0 Å². The number of nitrogens with zero attached hydrogens (tertiary/aromatic N) is 2. The summed E-state index contributed by atoms with van der Waals surface area (Å²) in [6.45, 7) is 6.08. The standard InChI is InChI=1S/C15H18FN3/c1-2-19(12-8-17-9-12)10-11-5-6-14(16)13-4-3-7-18-15(11)13/h3-7,12,17H,2,8-10H2,1H3. The van der Waals surface area contributed by atoms with Crippen molar-refractivity contribution in [1.29, 1.82) is 0 Å². The Balaban J connectivity index is 1.93. The lowest BCUT2D eigenvalue weighted by Crippen LogP contribution is -2.56. The van der Waals surface area contributed by atoms with Gasteiger partial charge in [0.1, 0.15) is 5.82 Å². The highest BCUT2D eigenvalue weighted by atomic mass is 19.1. The van der Waals surface area contributed by atoms with E-state index in [1.807, 2.05) is 6.07 Å². The zero-order chi connectivity index (χ0) is 13.2. The van der Waals surface area contributed by atoms with Crippen molar-refractivity contribution in [1.82, 2.24) is 15.2 Å². The second-order valence-corrected chi connectivity index (χ2v) is 4.98. The van der Waals surface area contributed by atoms with Gasteiger partial charge in [-0.05, 0) is 30.3 Å². The number of pyridine rings is 1. The maximum atomic E-state index is 13.8. The van der Waals surface area contributed by atoms with E-state index in [0.717, 1.165) is 37.3 Å². The summed E-state index contributed by atoms with van der Waals surface area (Å²) in [6, 6.07) is 7.57. The van der Waals surface area contributed by atoms with Gasteiger partial charge in [-0.15, -0.1) is 0 Å². The molecule has 1 aromatic heterocycles. The third-order valence-electron chi connectivity index (χ3n) is 3.86. The lowest BCUT2D eigenvalue weighted by Gasteiger charge is -2.37. The van der Waals surface area contributed by atoms with E-state index in [1.54, 1.807) is 24.4 Å². The van der Waals surface area contributed by atoms with Crippen molar-refractivity contribution < 1.29 is 4.39 Å². The zero-order valence-electron chi connectivity index (χ0n) is 11.1. The van der Waals surface area contributed by atoms with Crippen molar-refractivity contribution in [3.63, 3.8) is 0 Å². The first-order valence-corrected chi connectivity index (χ1v) is 6.76. The Hall–Kier alpha value is -1.52. The molecule has 1 N–H and O–H groups in total. The minimum absolute atomic E-state index is 0.194. The molecule has 0 spiro atoms. The van der Waals surface area contributed by atoms with Crippen LogP contribution in [0.15, 0.2) is 30.5 Å². The number of likely N-dealkylation sites (N-methyl/N-ethyl adjacent to an activating group) is 1. The van der Waals surface area contributed by atoms with E-state index in [9.17, 15) is 4.39 Å². The first-order valence-electron chi connectivity index (χ1n) is 6.76. The SMILES string of the molecule is CCN(Cc1ccc(F)c2cccnc12)C1CNC1. The number of nitrogens with one attached hydrogen (secondary N) is 1. The van der Waals surface area contributed by atoms with Crippen molar-refractivity contribution in [2.45, 2.75) is 19.5 Å². The molecule has 3 rings (SSSR count). The van der Waals surface area contributed by atoms with Gasteiger partial charge < -0.3 is 5.32 Å². The topological polar surface area (TPSA) is 28.2 Å². The molecule has 1 fully saturated rings. The summed E-state index contributed by atoms with van der Waals surface area (Å²) in [4.78, 5) is 6.76. The molecule has 0 saturated carbocycles. The van der Waals surface area contributed by atoms with Crippen LogP contribution in [0.3, 0.4) is 0 Å². The third-order valence-corrected chi connectivity index (χ3v) is 3.86. The van der Waals surface area contributed by atoms with Crippen LogP contribution in [0.25, 0.3) is 10.9 Å². The summed E-state index contributed by atoms with van der Waals surface area (Å²) < 4.78 is 13.8. The number of fused-ring (bicyclic) bond motifs is 1. The minimum atomic E-state index is -0.194. The number of halogens is 1. The number of benzene rings is 1. The van der Waals surface area contributed by atoms with E-state index in [2.05, 4.69) is 22.1 Å². The van der Waals surface area contributed by atoms with Crippen molar-refractivity contribution >= 4 is 10.9 Å². The van der Waals surface area contributed by atoms with Crippen LogP contribution in [0.4, 0.5) is 4.39 Å². The summed E-state index contributed by atoms with van der Waals surface area (Å²) in [5.74, 6) is -0.194. The molecule has 1 saturated heterocycles.